The van der Waals surface area contributed by atoms with Crippen LogP contribution in [-0.2, 0) is 4.79 Å². The normalized spacial score (nSPS) is 17.2. The number of carboxylic acids is 1. The molecule has 0 aromatic carbocycles. The largest absolute Gasteiger partial charge is 0.478 e. The van der Waals surface area contributed by atoms with Crippen LogP contribution in [0, 0.1) is 5.92 Å². The molecule has 0 aliphatic carbocycles. The Labute approximate surface area is 171 Å². The topological polar surface area (TPSA) is 37.3 Å². The third kappa shape index (κ3) is 4.19. The van der Waals surface area contributed by atoms with E-state index in [4.69, 9.17) is 5.11 Å². The van der Waals surface area contributed by atoms with Crippen molar-refractivity contribution in [1.82, 2.24) is 0 Å². The molecule has 0 heterocycles. The summed E-state index contributed by atoms with van der Waals surface area (Å²) in [4.78, 5) is 10.5. The molecule has 0 fully saturated rings. The Bertz CT molecular complexity index is 777. The SMILES string of the molecule is CC(=CC(C)C(F)(F)C(F)(F)C(F)(F)C(F)(F)C(F)(F)C(F)(F)C(F)(F)C(F)(F)F)C(=O)O. The van der Waals surface area contributed by atoms with Crippen molar-refractivity contribution >= 4 is 5.97 Å². The van der Waals surface area contributed by atoms with E-state index >= 15 is 0 Å². The number of aliphatic carboxylic acids is 1. The van der Waals surface area contributed by atoms with E-state index < -0.39 is 71.2 Å². The van der Waals surface area contributed by atoms with Crippen LogP contribution < -0.4 is 0 Å². The van der Waals surface area contributed by atoms with Gasteiger partial charge in [-0.1, -0.05) is 13.0 Å². The molecular formula is C14H9F17O2. The molecule has 0 aromatic rings. The average Bonchev–Trinajstić information content (AvgIpc) is 2.59. The number of carbonyl (C=O) groups is 1. The second kappa shape index (κ2) is 8.06. The van der Waals surface area contributed by atoms with Crippen LogP contribution in [0.25, 0.3) is 0 Å². The first-order chi connectivity index (χ1) is 14.0. The summed E-state index contributed by atoms with van der Waals surface area (Å²) >= 11 is 0. The van der Waals surface area contributed by atoms with Crippen LogP contribution in [0.4, 0.5) is 74.6 Å². The Morgan fingerprint density at radius 1 is 0.606 bits per heavy atom. The highest BCUT2D eigenvalue weighted by molar-refractivity contribution is 5.85. The molecule has 0 spiro atoms. The van der Waals surface area contributed by atoms with Crippen molar-refractivity contribution in [2.24, 2.45) is 5.92 Å². The van der Waals surface area contributed by atoms with Gasteiger partial charge in [-0.2, -0.15) is 74.6 Å². The molecule has 0 amide bonds. The summed E-state index contributed by atoms with van der Waals surface area (Å²) in [5.74, 6) is -62.7. The van der Waals surface area contributed by atoms with Crippen molar-refractivity contribution in [3.8, 4) is 0 Å². The number of allylic oxidation sites excluding steroid dienone is 1. The summed E-state index contributed by atoms with van der Waals surface area (Å²) in [6, 6.07) is 0. The zero-order chi connectivity index (χ0) is 27.4. The van der Waals surface area contributed by atoms with Gasteiger partial charge in [0.1, 0.15) is 0 Å². The molecule has 196 valence electrons. The Morgan fingerprint density at radius 2 is 0.879 bits per heavy atom. The molecule has 1 unspecified atom stereocenters. The number of hydrogen-bond acceptors (Lipinski definition) is 1. The third-order valence-corrected chi connectivity index (χ3v) is 4.16. The number of hydrogen-bond donors (Lipinski definition) is 1. The maximum Gasteiger partial charge on any atom is 0.460 e. The second-order valence-corrected chi connectivity index (χ2v) is 6.51. The zero-order valence-electron chi connectivity index (χ0n) is 15.4. The molecule has 0 aliphatic rings. The lowest BCUT2D eigenvalue weighted by atomic mass is 9.85. The van der Waals surface area contributed by atoms with Crippen LogP contribution in [0.2, 0.25) is 0 Å². The van der Waals surface area contributed by atoms with Crippen LogP contribution in [0.1, 0.15) is 13.8 Å². The van der Waals surface area contributed by atoms with Crippen molar-refractivity contribution < 1.29 is 84.5 Å². The van der Waals surface area contributed by atoms with Crippen molar-refractivity contribution in [3.05, 3.63) is 11.6 Å². The van der Waals surface area contributed by atoms with Gasteiger partial charge in [0.2, 0.25) is 0 Å². The fourth-order valence-corrected chi connectivity index (χ4v) is 2.01. The van der Waals surface area contributed by atoms with Gasteiger partial charge in [-0.05, 0) is 6.92 Å². The molecule has 2 nitrogen and oxygen atoms in total. The number of carboxylic acid groups (broad SMARTS) is 1. The first-order valence-corrected chi connectivity index (χ1v) is 7.63. The first-order valence-electron chi connectivity index (χ1n) is 7.63. The lowest BCUT2D eigenvalue weighted by Crippen LogP contribution is -2.74. The van der Waals surface area contributed by atoms with Crippen LogP contribution in [0.5, 0.6) is 0 Å². The molecule has 0 aromatic heterocycles. The van der Waals surface area contributed by atoms with E-state index in [1.165, 1.54) is 0 Å². The van der Waals surface area contributed by atoms with Crippen LogP contribution in [0.3, 0.4) is 0 Å². The van der Waals surface area contributed by atoms with Crippen molar-refractivity contribution in [2.75, 3.05) is 0 Å². The summed E-state index contributed by atoms with van der Waals surface area (Å²) < 4.78 is 223. The molecule has 0 rings (SSSR count). The second-order valence-electron chi connectivity index (χ2n) is 6.51. The Morgan fingerprint density at radius 3 is 1.15 bits per heavy atom. The minimum Gasteiger partial charge on any atom is -0.478 e. The van der Waals surface area contributed by atoms with Crippen molar-refractivity contribution in [3.63, 3.8) is 0 Å². The van der Waals surface area contributed by atoms with Gasteiger partial charge in [0.05, 0.1) is 0 Å². The van der Waals surface area contributed by atoms with E-state index in [2.05, 4.69) is 0 Å². The summed E-state index contributed by atoms with van der Waals surface area (Å²) in [5.41, 5.74) is -1.31. The summed E-state index contributed by atoms with van der Waals surface area (Å²) in [6.45, 7) is 0.146. The van der Waals surface area contributed by atoms with E-state index in [9.17, 15) is 79.4 Å². The zero-order valence-corrected chi connectivity index (χ0v) is 15.4. The smallest absolute Gasteiger partial charge is 0.460 e. The standard InChI is InChI=1S/C14H9F17O2/c1-4(6(32)33)3-5(2)7(15,16)8(17,18)9(19,20)10(21,22)11(23,24)12(25,26)13(27,28)14(29,30)31/h3,5H,1-2H3,(H,32,33). The van der Waals surface area contributed by atoms with Gasteiger partial charge in [-0.25, -0.2) is 4.79 Å². The molecule has 33 heavy (non-hydrogen) atoms. The van der Waals surface area contributed by atoms with Gasteiger partial charge < -0.3 is 5.11 Å². The molecule has 1 atom stereocenters. The fourth-order valence-electron chi connectivity index (χ4n) is 2.01. The van der Waals surface area contributed by atoms with E-state index in [1.807, 2.05) is 0 Å². The molecule has 0 radical (unpaired) electrons. The number of rotatable bonds is 9. The molecular weight excluding hydrogens is 523 g/mol. The molecule has 0 saturated heterocycles. The summed E-state index contributed by atoms with van der Waals surface area (Å²) in [5, 5.41) is 8.41. The number of halogens is 17. The highest BCUT2D eigenvalue weighted by Crippen LogP contribution is 2.64. The highest BCUT2D eigenvalue weighted by atomic mass is 19.4. The Balaban J connectivity index is 6.82. The van der Waals surface area contributed by atoms with Crippen LogP contribution in [-0.4, -0.2) is 58.7 Å². The van der Waals surface area contributed by atoms with Gasteiger partial charge in [-0.3, -0.25) is 0 Å². The van der Waals surface area contributed by atoms with Gasteiger partial charge >= 0.3 is 53.6 Å². The van der Waals surface area contributed by atoms with Crippen LogP contribution in [0.15, 0.2) is 11.6 Å². The van der Waals surface area contributed by atoms with E-state index in [0.717, 1.165) is 0 Å². The average molecular weight is 532 g/mol. The third-order valence-electron chi connectivity index (χ3n) is 4.16. The molecule has 0 saturated carbocycles. The first kappa shape index (κ1) is 31.0. The van der Waals surface area contributed by atoms with Gasteiger partial charge in [0.15, 0.2) is 0 Å². The predicted octanol–water partition coefficient (Wildman–Crippen LogP) is 6.66. The quantitative estimate of drug-likeness (QED) is 0.267. The maximum absolute atomic E-state index is 13.8. The number of alkyl halides is 17. The lowest BCUT2D eigenvalue weighted by Gasteiger charge is -2.43. The Hall–Kier alpha value is -1.98. The highest BCUT2D eigenvalue weighted by Gasteiger charge is 2.95. The van der Waals surface area contributed by atoms with E-state index in [-0.39, 0.29) is 6.92 Å². The van der Waals surface area contributed by atoms with Gasteiger partial charge in [-0.15, -0.1) is 0 Å². The van der Waals surface area contributed by atoms with Crippen molar-refractivity contribution in [1.29, 1.82) is 0 Å². The van der Waals surface area contributed by atoms with Gasteiger partial charge in [0, 0.05) is 11.5 Å². The molecule has 0 aliphatic heterocycles. The maximum atomic E-state index is 13.8. The monoisotopic (exact) mass is 532 g/mol. The van der Waals surface area contributed by atoms with Gasteiger partial charge in [0.25, 0.3) is 0 Å². The van der Waals surface area contributed by atoms with E-state index in [1.54, 1.807) is 0 Å². The predicted molar refractivity (Wildman–Crippen MR) is 71.2 cm³/mol. The minimum absolute atomic E-state index is 0.237. The summed E-state index contributed by atoms with van der Waals surface area (Å²) in [6.07, 6.45) is -8.28. The fraction of sp³-hybridized carbons (Fsp3) is 0.786. The van der Waals surface area contributed by atoms with E-state index in [0.29, 0.717) is 6.92 Å². The Kier molecular flexibility index (Phi) is 7.57. The van der Waals surface area contributed by atoms with Crippen LogP contribution >= 0.6 is 0 Å². The summed E-state index contributed by atoms with van der Waals surface area (Å²) in [7, 11) is 0. The molecule has 1 N–H and O–H groups in total. The van der Waals surface area contributed by atoms with Crippen molar-refractivity contribution in [2.45, 2.75) is 61.5 Å². The lowest BCUT2D eigenvalue weighted by molar-refractivity contribution is -0.462. The molecule has 19 heteroatoms. The molecule has 0 bridgehead atoms. The minimum atomic E-state index is -8.70.